The molecule has 1 aliphatic carbocycles. The van der Waals surface area contributed by atoms with Crippen molar-refractivity contribution in [3.63, 3.8) is 0 Å². The fourth-order valence-electron chi connectivity index (χ4n) is 2.03. The van der Waals surface area contributed by atoms with Crippen molar-refractivity contribution in [3.8, 4) is 0 Å². The minimum absolute atomic E-state index is 0.0437. The number of nitrogens with zero attached hydrogens (tertiary/aromatic N) is 1. The Morgan fingerprint density at radius 3 is 2.72 bits per heavy atom. The second-order valence-corrected chi connectivity index (χ2v) is 5.60. The molecule has 1 aliphatic rings. The van der Waals surface area contributed by atoms with Gasteiger partial charge in [0.25, 0.3) is 5.91 Å². The molecule has 0 radical (unpaired) electrons. The van der Waals surface area contributed by atoms with E-state index in [2.05, 4.69) is 15.9 Å². The summed E-state index contributed by atoms with van der Waals surface area (Å²) in [5.41, 5.74) is 0.366. The van der Waals surface area contributed by atoms with Crippen LogP contribution in [0.2, 0.25) is 5.02 Å². The highest BCUT2D eigenvalue weighted by molar-refractivity contribution is 9.09. The van der Waals surface area contributed by atoms with Crippen LogP contribution in [0.15, 0.2) is 18.2 Å². The number of alkyl halides is 1. The molecule has 0 atom stereocenters. The highest BCUT2D eigenvalue weighted by atomic mass is 79.9. The summed E-state index contributed by atoms with van der Waals surface area (Å²) in [6, 6.07) is 4.52. The molecular formula is C13H14BrClFNO. The van der Waals surface area contributed by atoms with Crippen LogP contribution in [0.1, 0.15) is 29.6 Å². The highest BCUT2D eigenvalue weighted by Crippen LogP contribution is 2.27. The monoisotopic (exact) mass is 333 g/mol. The number of hydrogen-bond donors (Lipinski definition) is 0. The third-order valence-electron chi connectivity index (χ3n) is 3.27. The lowest BCUT2D eigenvalue weighted by atomic mass is 9.91. The molecule has 0 unspecified atom stereocenters. The van der Waals surface area contributed by atoms with Gasteiger partial charge in [0, 0.05) is 23.5 Å². The molecule has 1 fully saturated rings. The number of carbonyl (C=O) groups excluding carboxylic acids is 1. The Balaban J connectivity index is 2.18. The number of amides is 1. The van der Waals surface area contributed by atoms with Gasteiger partial charge in [0.15, 0.2) is 0 Å². The first kappa shape index (κ1) is 13.8. The number of rotatable bonds is 4. The van der Waals surface area contributed by atoms with E-state index in [0.717, 1.165) is 24.6 Å². The van der Waals surface area contributed by atoms with E-state index in [0.29, 0.717) is 18.2 Å². The van der Waals surface area contributed by atoms with Crippen LogP contribution in [-0.4, -0.2) is 28.7 Å². The molecule has 0 heterocycles. The molecule has 98 valence electrons. The van der Waals surface area contributed by atoms with Gasteiger partial charge in [0.1, 0.15) is 5.82 Å². The van der Waals surface area contributed by atoms with Crippen LogP contribution in [0.25, 0.3) is 0 Å². The van der Waals surface area contributed by atoms with E-state index in [1.54, 1.807) is 6.07 Å². The molecule has 0 bridgehead atoms. The predicted molar refractivity (Wildman–Crippen MR) is 73.9 cm³/mol. The van der Waals surface area contributed by atoms with Gasteiger partial charge in [-0.3, -0.25) is 4.79 Å². The molecule has 18 heavy (non-hydrogen) atoms. The Bertz CT molecular complexity index is 451. The fourth-order valence-corrected chi connectivity index (χ4v) is 2.53. The zero-order valence-electron chi connectivity index (χ0n) is 9.83. The van der Waals surface area contributed by atoms with Crippen LogP contribution < -0.4 is 0 Å². The van der Waals surface area contributed by atoms with Crippen molar-refractivity contribution >= 4 is 33.4 Å². The maximum absolute atomic E-state index is 13.4. The number of halogens is 3. The van der Waals surface area contributed by atoms with Gasteiger partial charge in [0.05, 0.1) is 5.02 Å². The zero-order valence-corrected chi connectivity index (χ0v) is 12.2. The third kappa shape index (κ3) is 2.86. The molecule has 5 heteroatoms. The van der Waals surface area contributed by atoms with Crippen molar-refractivity contribution in [1.29, 1.82) is 0 Å². The van der Waals surface area contributed by atoms with Gasteiger partial charge in [0.2, 0.25) is 0 Å². The summed E-state index contributed by atoms with van der Waals surface area (Å²) in [5, 5.41) is 0.771. The molecule has 2 rings (SSSR count). The van der Waals surface area contributed by atoms with Crippen LogP contribution in [-0.2, 0) is 0 Å². The molecule has 1 saturated carbocycles. The van der Waals surface area contributed by atoms with Crippen molar-refractivity contribution in [2.45, 2.75) is 25.3 Å². The van der Waals surface area contributed by atoms with E-state index in [-0.39, 0.29) is 10.9 Å². The number of benzene rings is 1. The Morgan fingerprint density at radius 2 is 2.22 bits per heavy atom. The molecule has 0 aromatic heterocycles. The van der Waals surface area contributed by atoms with E-state index in [1.165, 1.54) is 12.1 Å². The van der Waals surface area contributed by atoms with E-state index in [1.807, 2.05) is 4.90 Å². The lowest BCUT2D eigenvalue weighted by Crippen LogP contribution is -2.45. The zero-order chi connectivity index (χ0) is 13.1. The Kier molecular flexibility index (Phi) is 4.62. The molecule has 2 nitrogen and oxygen atoms in total. The molecule has 1 amide bonds. The van der Waals surface area contributed by atoms with Crippen molar-refractivity contribution in [2.24, 2.45) is 0 Å². The third-order valence-corrected chi connectivity index (χ3v) is 3.93. The second-order valence-electron chi connectivity index (χ2n) is 4.40. The largest absolute Gasteiger partial charge is 0.335 e. The number of hydrogen-bond acceptors (Lipinski definition) is 1. The molecule has 0 aliphatic heterocycles. The van der Waals surface area contributed by atoms with Gasteiger partial charge in [-0.2, -0.15) is 0 Å². The van der Waals surface area contributed by atoms with Crippen LogP contribution >= 0.6 is 27.5 Å². The van der Waals surface area contributed by atoms with Gasteiger partial charge < -0.3 is 4.90 Å². The fraction of sp³-hybridized carbons (Fsp3) is 0.462. The first-order valence-corrected chi connectivity index (χ1v) is 7.45. The molecule has 1 aromatic rings. The average molecular weight is 335 g/mol. The van der Waals surface area contributed by atoms with Crippen LogP contribution in [0.3, 0.4) is 0 Å². The van der Waals surface area contributed by atoms with Crippen LogP contribution in [0.4, 0.5) is 4.39 Å². The summed E-state index contributed by atoms with van der Waals surface area (Å²) in [5.74, 6) is -0.662. The summed E-state index contributed by atoms with van der Waals surface area (Å²) in [4.78, 5) is 14.1. The topological polar surface area (TPSA) is 20.3 Å². The van der Waals surface area contributed by atoms with Gasteiger partial charge in [-0.05, 0) is 37.5 Å². The second kappa shape index (κ2) is 6.02. The highest BCUT2D eigenvalue weighted by Gasteiger charge is 2.29. The Hall–Kier alpha value is -0.610. The molecule has 0 N–H and O–H groups in total. The predicted octanol–water partition coefficient (Wildman–Crippen LogP) is 3.87. The molecular weight excluding hydrogens is 321 g/mol. The quantitative estimate of drug-likeness (QED) is 0.766. The number of carbonyl (C=O) groups is 1. The van der Waals surface area contributed by atoms with Crippen molar-refractivity contribution in [1.82, 2.24) is 4.90 Å². The maximum Gasteiger partial charge on any atom is 0.254 e. The summed E-state index contributed by atoms with van der Waals surface area (Å²) >= 11 is 8.97. The van der Waals surface area contributed by atoms with Crippen molar-refractivity contribution < 1.29 is 9.18 Å². The van der Waals surface area contributed by atoms with E-state index < -0.39 is 5.82 Å². The maximum atomic E-state index is 13.4. The van der Waals surface area contributed by atoms with Gasteiger partial charge in [-0.1, -0.05) is 27.5 Å². The first-order valence-electron chi connectivity index (χ1n) is 5.95. The normalized spacial score (nSPS) is 15.3. The van der Waals surface area contributed by atoms with Crippen molar-refractivity contribution in [2.75, 3.05) is 11.9 Å². The summed E-state index contributed by atoms with van der Waals surface area (Å²) in [7, 11) is 0. The summed E-state index contributed by atoms with van der Waals surface area (Å²) < 4.78 is 13.4. The lowest BCUT2D eigenvalue weighted by molar-refractivity contribution is 0.0599. The summed E-state index contributed by atoms with van der Waals surface area (Å²) in [6.07, 6.45) is 3.23. The Morgan fingerprint density at radius 1 is 1.50 bits per heavy atom. The van der Waals surface area contributed by atoms with Gasteiger partial charge in [-0.15, -0.1) is 0 Å². The van der Waals surface area contributed by atoms with Crippen molar-refractivity contribution in [3.05, 3.63) is 34.6 Å². The SMILES string of the molecule is O=C(c1ccc(Cl)c(F)c1)N(CCBr)C1CCC1. The van der Waals surface area contributed by atoms with Crippen LogP contribution in [0, 0.1) is 5.82 Å². The van der Waals surface area contributed by atoms with Gasteiger partial charge >= 0.3 is 0 Å². The average Bonchev–Trinajstić information content (AvgIpc) is 2.29. The lowest BCUT2D eigenvalue weighted by Gasteiger charge is -2.37. The summed E-state index contributed by atoms with van der Waals surface area (Å²) in [6.45, 7) is 0.647. The van der Waals surface area contributed by atoms with E-state index in [4.69, 9.17) is 11.6 Å². The first-order chi connectivity index (χ1) is 8.63. The van der Waals surface area contributed by atoms with E-state index in [9.17, 15) is 9.18 Å². The minimum atomic E-state index is -0.546. The Labute approximate surface area is 119 Å². The van der Waals surface area contributed by atoms with Gasteiger partial charge in [-0.25, -0.2) is 4.39 Å². The molecule has 0 saturated heterocycles. The van der Waals surface area contributed by atoms with Crippen LogP contribution in [0.5, 0.6) is 0 Å². The smallest absolute Gasteiger partial charge is 0.254 e. The standard InChI is InChI=1S/C13H14BrClFNO/c14-6-7-17(10-2-1-3-10)13(18)9-4-5-11(15)12(16)8-9/h4-5,8,10H,1-3,6-7H2. The minimum Gasteiger partial charge on any atom is -0.335 e. The van der Waals surface area contributed by atoms with E-state index >= 15 is 0 Å². The molecule has 0 spiro atoms. The molecule has 1 aromatic carbocycles.